The first-order valence-electron chi connectivity index (χ1n) is 10.8. The van der Waals surface area contributed by atoms with Crippen LogP contribution in [0.3, 0.4) is 0 Å². The van der Waals surface area contributed by atoms with Gasteiger partial charge >= 0.3 is 0 Å². The Morgan fingerprint density at radius 3 is 2.26 bits per heavy atom. The summed E-state index contributed by atoms with van der Waals surface area (Å²) in [6.45, 7) is 3.76. The maximum absolute atomic E-state index is 13.0. The molecule has 2 aliphatic heterocycles. The number of thiocarbonyl (C=S) groups is 1. The molecule has 1 fully saturated rings. The van der Waals surface area contributed by atoms with E-state index in [0.717, 1.165) is 4.90 Å². The van der Waals surface area contributed by atoms with Gasteiger partial charge in [-0.2, -0.15) is 0 Å². The van der Waals surface area contributed by atoms with Crippen LogP contribution in [0.1, 0.15) is 52.1 Å². The average molecular weight is 478 g/mol. The van der Waals surface area contributed by atoms with Crippen molar-refractivity contribution in [2.24, 2.45) is 0 Å². The Labute approximate surface area is 202 Å². The lowest BCUT2D eigenvalue weighted by molar-refractivity contribution is -0.130. The Morgan fingerprint density at radius 1 is 1.03 bits per heavy atom. The molecule has 2 aromatic carbocycles. The first kappa shape index (κ1) is 23.3. The summed E-state index contributed by atoms with van der Waals surface area (Å²) in [6.07, 6.45) is 2.14. The number of hydrogen-bond acceptors (Lipinski definition) is 6. The Morgan fingerprint density at radius 2 is 1.68 bits per heavy atom. The van der Waals surface area contributed by atoms with Gasteiger partial charge in [0.15, 0.2) is 5.11 Å². The Bertz CT molecular complexity index is 1230. The number of nitrogens with one attached hydrogen (secondary N) is 1. The van der Waals surface area contributed by atoms with Gasteiger partial charge in [0, 0.05) is 11.6 Å². The van der Waals surface area contributed by atoms with E-state index >= 15 is 0 Å². The van der Waals surface area contributed by atoms with Crippen molar-refractivity contribution in [3.05, 3.63) is 70.3 Å². The zero-order valence-corrected chi connectivity index (χ0v) is 19.8. The Hall–Kier alpha value is -3.85. The van der Waals surface area contributed by atoms with Crippen LogP contribution < -0.4 is 10.1 Å². The quantitative estimate of drug-likeness (QED) is 0.298. The summed E-state index contributed by atoms with van der Waals surface area (Å²) < 4.78 is 5.43. The van der Waals surface area contributed by atoms with E-state index in [-0.39, 0.29) is 35.1 Å². The highest BCUT2D eigenvalue weighted by atomic mass is 32.1. The minimum atomic E-state index is -0.577. The van der Waals surface area contributed by atoms with Crippen molar-refractivity contribution in [1.29, 1.82) is 0 Å². The van der Waals surface area contributed by atoms with Crippen LogP contribution in [-0.4, -0.2) is 51.7 Å². The van der Waals surface area contributed by atoms with E-state index in [1.165, 1.54) is 18.1 Å². The number of rotatable bonds is 6. The molecule has 4 rings (SSSR count). The molecule has 0 aliphatic carbocycles. The van der Waals surface area contributed by atoms with E-state index < -0.39 is 11.8 Å². The highest BCUT2D eigenvalue weighted by Gasteiger charge is 2.37. The number of imide groups is 1. The van der Waals surface area contributed by atoms with Crippen molar-refractivity contribution >= 4 is 47.0 Å². The normalized spacial score (nSPS) is 17.9. The summed E-state index contributed by atoms with van der Waals surface area (Å²) in [7, 11) is 1.49. The zero-order chi connectivity index (χ0) is 24.6. The molecule has 0 radical (unpaired) electrons. The van der Waals surface area contributed by atoms with Crippen LogP contribution in [-0.2, 0) is 16.1 Å². The molecule has 2 aliphatic rings. The lowest BCUT2D eigenvalue weighted by Gasteiger charge is -2.33. The minimum Gasteiger partial charge on any atom is -0.496 e. The number of carbonyl (C=O) groups excluding carboxylic acids is 4. The molecule has 1 saturated heterocycles. The van der Waals surface area contributed by atoms with Crippen LogP contribution in [0.5, 0.6) is 5.75 Å². The highest BCUT2D eigenvalue weighted by Crippen LogP contribution is 2.29. The predicted octanol–water partition coefficient (Wildman–Crippen LogP) is 2.92. The van der Waals surface area contributed by atoms with Crippen LogP contribution in [0.25, 0.3) is 6.08 Å². The lowest BCUT2D eigenvalue weighted by atomic mass is 10.0. The van der Waals surface area contributed by atoms with Crippen molar-refractivity contribution in [2.45, 2.75) is 32.9 Å². The van der Waals surface area contributed by atoms with E-state index in [4.69, 9.17) is 17.0 Å². The number of benzene rings is 2. The van der Waals surface area contributed by atoms with Gasteiger partial charge in [-0.15, -0.1) is 0 Å². The van der Waals surface area contributed by atoms with Crippen LogP contribution in [0.2, 0.25) is 0 Å². The maximum Gasteiger partial charge on any atom is 0.265 e. The molecule has 174 valence electrons. The monoisotopic (exact) mass is 477 g/mol. The van der Waals surface area contributed by atoms with Gasteiger partial charge in [0.05, 0.1) is 24.8 Å². The fourth-order valence-electron chi connectivity index (χ4n) is 3.99. The second-order valence-corrected chi connectivity index (χ2v) is 8.45. The molecule has 0 saturated carbocycles. The summed E-state index contributed by atoms with van der Waals surface area (Å²) >= 11 is 5.19. The molecule has 0 aromatic heterocycles. The smallest absolute Gasteiger partial charge is 0.265 e. The molecule has 1 unspecified atom stereocenters. The molecule has 8 nitrogen and oxygen atoms in total. The van der Waals surface area contributed by atoms with Crippen LogP contribution in [0.15, 0.2) is 48.0 Å². The maximum atomic E-state index is 13.0. The van der Waals surface area contributed by atoms with Crippen molar-refractivity contribution in [1.82, 2.24) is 15.1 Å². The summed E-state index contributed by atoms with van der Waals surface area (Å²) in [5.41, 5.74) is 1.77. The van der Waals surface area contributed by atoms with Crippen molar-refractivity contribution in [3.8, 4) is 5.75 Å². The van der Waals surface area contributed by atoms with Gasteiger partial charge in [-0.1, -0.05) is 25.1 Å². The Kier molecular flexibility index (Phi) is 6.30. The number of fused-ring (bicyclic) bond motifs is 1. The predicted molar refractivity (Wildman–Crippen MR) is 129 cm³/mol. The third kappa shape index (κ3) is 3.99. The standard InChI is InChI=1S/C25H23N3O5S/c1-4-14(2)28-24(32)19(21(29)26-25(28)34)12-15-9-10-20(33-3)16(11-15)13-27-22(30)17-7-5-6-8-18(17)23(27)31/h5-12,14H,4,13H2,1-3H3,(H,26,29,34)/b19-12+. The van der Waals surface area contributed by atoms with E-state index in [0.29, 0.717) is 34.4 Å². The molecule has 2 aromatic rings. The topological polar surface area (TPSA) is 96.0 Å². The van der Waals surface area contributed by atoms with Gasteiger partial charge in [0.1, 0.15) is 11.3 Å². The van der Waals surface area contributed by atoms with E-state index in [2.05, 4.69) is 5.32 Å². The number of nitrogens with zero attached hydrogens (tertiary/aromatic N) is 2. The van der Waals surface area contributed by atoms with Gasteiger partial charge in [-0.25, -0.2) is 0 Å². The summed E-state index contributed by atoms with van der Waals surface area (Å²) in [4.78, 5) is 53.7. The second kappa shape index (κ2) is 9.18. The van der Waals surface area contributed by atoms with Gasteiger partial charge in [0.25, 0.3) is 23.6 Å². The number of carbonyl (C=O) groups is 4. The van der Waals surface area contributed by atoms with Crippen LogP contribution in [0.4, 0.5) is 0 Å². The number of ether oxygens (including phenoxy) is 1. The van der Waals surface area contributed by atoms with Gasteiger partial charge in [-0.3, -0.25) is 34.3 Å². The number of methoxy groups -OCH3 is 1. The van der Waals surface area contributed by atoms with E-state index in [9.17, 15) is 19.2 Å². The first-order chi connectivity index (χ1) is 16.3. The summed E-state index contributed by atoms with van der Waals surface area (Å²) in [5, 5.41) is 2.66. The summed E-state index contributed by atoms with van der Waals surface area (Å²) in [5.74, 6) is -1.34. The van der Waals surface area contributed by atoms with Gasteiger partial charge < -0.3 is 4.74 Å². The second-order valence-electron chi connectivity index (χ2n) is 8.06. The lowest BCUT2D eigenvalue weighted by Crippen LogP contribution is -2.56. The van der Waals surface area contributed by atoms with Gasteiger partial charge in [-0.05, 0) is 61.5 Å². The number of hydrogen-bond donors (Lipinski definition) is 1. The fraction of sp³-hybridized carbons (Fsp3) is 0.240. The van der Waals surface area contributed by atoms with E-state index in [1.807, 2.05) is 13.8 Å². The average Bonchev–Trinajstić information content (AvgIpc) is 3.06. The van der Waals surface area contributed by atoms with Crippen molar-refractivity contribution < 1.29 is 23.9 Å². The largest absolute Gasteiger partial charge is 0.496 e. The molecular formula is C25H23N3O5S. The fourth-order valence-corrected chi connectivity index (χ4v) is 4.34. The molecule has 9 heteroatoms. The molecular weight excluding hydrogens is 454 g/mol. The van der Waals surface area contributed by atoms with Crippen molar-refractivity contribution in [2.75, 3.05) is 7.11 Å². The number of amides is 4. The SMILES string of the molecule is CCC(C)N1C(=O)/C(=C/c2ccc(OC)c(CN3C(=O)c4ccccc4C3=O)c2)C(=O)NC1=S. The minimum absolute atomic E-state index is 0.0181. The van der Waals surface area contributed by atoms with E-state index in [1.54, 1.807) is 42.5 Å². The molecule has 1 N–H and O–H groups in total. The molecule has 0 spiro atoms. The highest BCUT2D eigenvalue weighted by molar-refractivity contribution is 7.80. The summed E-state index contributed by atoms with van der Waals surface area (Å²) in [6, 6.07) is 11.5. The van der Waals surface area contributed by atoms with Gasteiger partial charge in [0.2, 0.25) is 0 Å². The first-order valence-corrected chi connectivity index (χ1v) is 11.2. The Balaban J connectivity index is 1.67. The molecule has 4 amide bonds. The van der Waals surface area contributed by atoms with Crippen LogP contribution >= 0.6 is 12.2 Å². The molecule has 0 bridgehead atoms. The third-order valence-electron chi connectivity index (χ3n) is 5.99. The molecule has 1 atom stereocenters. The molecule has 34 heavy (non-hydrogen) atoms. The molecule has 2 heterocycles. The van der Waals surface area contributed by atoms with Crippen molar-refractivity contribution in [3.63, 3.8) is 0 Å². The third-order valence-corrected chi connectivity index (χ3v) is 6.29. The van der Waals surface area contributed by atoms with Crippen LogP contribution in [0, 0.1) is 0 Å². The zero-order valence-electron chi connectivity index (χ0n) is 19.0.